The van der Waals surface area contributed by atoms with Gasteiger partial charge in [0, 0.05) is 17.9 Å². The van der Waals surface area contributed by atoms with Gasteiger partial charge in [-0.3, -0.25) is 0 Å². The van der Waals surface area contributed by atoms with Gasteiger partial charge in [-0.05, 0) is 36.8 Å². The summed E-state index contributed by atoms with van der Waals surface area (Å²) < 4.78 is 0. The number of benzene rings is 1. The minimum Gasteiger partial charge on any atom is -0.367 e. The molecule has 0 aromatic heterocycles. The van der Waals surface area contributed by atoms with Crippen LogP contribution in [0.15, 0.2) is 18.2 Å². The summed E-state index contributed by atoms with van der Waals surface area (Å²) in [5.74, 6) is 0.901. The fourth-order valence-electron chi connectivity index (χ4n) is 3.67. The Hall–Kier alpha value is -0.210. The van der Waals surface area contributed by atoms with Gasteiger partial charge in [0.15, 0.2) is 0 Å². The highest BCUT2D eigenvalue weighted by molar-refractivity contribution is 9.08. The van der Waals surface area contributed by atoms with E-state index in [1.54, 1.807) is 0 Å². The molecule has 2 fully saturated rings. The number of hydrogen-bond donors (Lipinski definition) is 0. The largest absolute Gasteiger partial charge is 0.367 e. The van der Waals surface area contributed by atoms with E-state index in [0.717, 1.165) is 22.3 Å². The molecule has 1 saturated heterocycles. The van der Waals surface area contributed by atoms with Crippen molar-refractivity contribution < 1.29 is 0 Å². The second kappa shape index (κ2) is 5.42. The van der Waals surface area contributed by atoms with Crippen LogP contribution in [0.2, 0.25) is 5.02 Å². The summed E-state index contributed by atoms with van der Waals surface area (Å²) in [6, 6.07) is 7.00. The minimum atomic E-state index is 0.733. The molecule has 0 amide bonds. The Balaban J connectivity index is 1.95. The quantitative estimate of drug-likeness (QED) is 0.690. The second-order valence-electron chi connectivity index (χ2n) is 5.48. The molecule has 1 heterocycles. The predicted molar refractivity (Wildman–Crippen MR) is 81.8 cm³/mol. The van der Waals surface area contributed by atoms with E-state index in [2.05, 4.69) is 33.0 Å². The molecule has 1 aliphatic heterocycles. The van der Waals surface area contributed by atoms with Crippen LogP contribution in [-0.4, -0.2) is 12.6 Å². The van der Waals surface area contributed by atoms with Crippen LogP contribution in [0.3, 0.4) is 0 Å². The van der Waals surface area contributed by atoms with Crippen LogP contribution < -0.4 is 4.90 Å². The van der Waals surface area contributed by atoms with E-state index in [-0.39, 0.29) is 0 Å². The molecule has 2 atom stereocenters. The Morgan fingerprint density at radius 2 is 2.06 bits per heavy atom. The Morgan fingerprint density at radius 3 is 2.89 bits per heavy atom. The van der Waals surface area contributed by atoms with Crippen molar-refractivity contribution in [2.24, 2.45) is 5.92 Å². The second-order valence-corrected chi connectivity index (χ2v) is 6.44. The Morgan fingerprint density at radius 1 is 1.22 bits per heavy atom. The maximum atomic E-state index is 6.46. The van der Waals surface area contributed by atoms with Crippen LogP contribution in [0.4, 0.5) is 5.69 Å². The average molecular weight is 329 g/mol. The average Bonchev–Trinajstić information content (AvgIpc) is 2.82. The highest BCUT2D eigenvalue weighted by atomic mass is 79.9. The molecule has 1 aromatic carbocycles. The van der Waals surface area contributed by atoms with E-state index in [9.17, 15) is 0 Å². The van der Waals surface area contributed by atoms with E-state index in [4.69, 9.17) is 11.6 Å². The first-order chi connectivity index (χ1) is 8.81. The molecule has 3 rings (SSSR count). The normalized spacial score (nSPS) is 27.3. The molecule has 98 valence electrons. The minimum absolute atomic E-state index is 0.733. The third-order valence-electron chi connectivity index (χ3n) is 4.51. The fraction of sp³-hybridized carbons (Fsp3) is 0.600. The molecule has 0 radical (unpaired) electrons. The summed E-state index contributed by atoms with van der Waals surface area (Å²) >= 11 is 10.0. The number of hydrogen-bond acceptors (Lipinski definition) is 1. The summed E-state index contributed by atoms with van der Waals surface area (Å²) in [6.07, 6.45) is 6.90. The number of alkyl halides is 1. The van der Waals surface area contributed by atoms with Gasteiger partial charge in [-0.15, -0.1) is 0 Å². The van der Waals surface area contributed by atoms with Crippen molar-refractivity contribution in [1.82, 2.24) is 0 Å². The summed E-state index contributed by atoms with van der Waals surface area (Å²) in [7, 11) is 0. The van der Waals surface area contributed by atoms with Gasteiger partial charge in [-0.25, -0.2) is 0 Å². The molecule has 0 bridgehead atoms. The maximum absolute atomic E-state index is 6.46. The first kappa shape index (κ1) is 12.8. The molecular formula is C15H19BrClN. The lowest BCUT2D eigenvalue weighted by atomic mass is 9.85. The third kappa shape index (κ3) is 2.18. The number of nitrogens with zero attached hydrogens (tertiary/aromatic N) is 1. The van der Waals surface area contributed by atoms with Crippen LogP contribution in [0.5, 0.6) is 0 Å². The van der Waals surface area contributed by atoms with Gasteiger partial charge in [-0.2, -0.15) is 0 Å². The molecular weight excluding hydrogens is 310 g/mol. The molecule has 1 aliphatic carbocycles. The first-order valence-electron chi connectivity index (χ1n) is 6.91. The van der Waals surface area contributed by atoms with Gasteiger partial charge in [0.1, 0.15) is 0 Å². The lowest BCUT2D eigenvalue weighted by Gasteiger charge is -2.34. The van der Waals surface area contributed by atoms with Crippen LogP contribution in [-0.2, 0) is 5.33 Å². The van der Waals surface area contributed by atoms with Gasteiger partial charge in [-0.1, -0.05) is 52.5 Å². The van der Waals surface area contributed by atoms with Crippen molar-refractivity contribution in [1.29, 1.82) is 0 Å². The zero-order valence-corrected chi connectivity index (χ0v) is 12.9. The van der Waals surface area contributed by atoms with E-state index in [1.165, 1.54) is 49.9 Å². The van der Waals surface area contributed by atoms with Crippen LogP contribution in [0.1, 0.15) is 37.7 Å². The van der Waals surface area contributed by atoms with Crippen molar-refractivity contribution in [3.8, 4) is 0 Å². The standard InChI is InChI=1S/C15H19BrClN/c16-10-12-5-3-6-13(17)15(12)18-9-8-11-4-1-2-7-14(11)18/h3,5-6,11,14H,1-2,4,7-10H2. The van der Waals surface area contributed by atoms with Crippen molar-refractivity contribution >= 4 is 33.2 Å². The molecule has 2 unspecified atom stereocenters. The van der Waals surface area contributed by atoms with E-state index < -0.39 is 0 Å². The molecule has 3 heteroatoms. The van der Waals surface area contributed by atoms with E-state index >= 15 is 0 Å². The van der Waals surface area contributed by atoms with Crippen LogP contribution >= 0.6 is 27.5 Å². The van der Waals surface area contributed by atoms with Crippen molar-refractivity contribution in [3.05, 3.63) is 28.8 Å². The summed E-state index contributed by atoms with van der Waals surface area (Å²) in [5, 5.41) is 1.80. The van der Waals surface area contributed by atoms with E-state index in [0.29, 0.717) is 0 Å². The van der Waals surface area contributed by atoms with Gasteiger partial charge in [0.25, 0.3) is 0 Å². The number of rotatable bonds is 2. The SMILES string of the molecule is Clc1cccc(CBr)c1N1CCC2CCCCC21. The lowest BCUT2D eigenvalue weighted by Crippen LogP contribution is -2.35. The molecule has 0 spiro atoms. The zero-order chi connectivity index (χ0) is 12.5. The lowest BCUT2D eigenvalue weighted by molar-refractivity contribution is 0.342. The molecule has 18 heavy (non-hydrogen) atoms. The molecule has 1 aromatic rings. The Labute approximate surface area is 123 Å². The summed E-state index contributed by atoms with van der Waals surface area (Å²) in [5.41, 5.74) is 2.61. The highest BCUT2D eigenvalue weighted by Crippen LogP contribution is 2.42. The zero-order valence-electron chi connectivity index (χ0n) is 10.5. The maximum Gasteiger partial charge on any atom is 0.0642 e. The van der Waals surface area contributed by atoms with E-state index in [1.807, 2.05) is 6.07 Å². The number of fused-ring (bicyclic) bond motifs is 1. The topological polar surface area (TPSA) is 3.24 Å². The Kier molecular flexibility index (Phi) is 3.86. The van der Waals surface area contributed by atoms with Gasteiger partial charge in [0.05, 0.1) is 10.7 Å². The predicted octanol–water partition coefficient (Wildman–Crippen LogP) is 5.00. The Bertz CT molecular complexity index is 435. The first-order valence-corrected chi connectivity index (χ1v) is 8.41. The smallest absolute Gasteiger partial charge is 0.0642 e. The van der Waals surface area contributed by atoms with Gasteiger partial charge < -0.3 is 4.90 Å². The molecule has 0 N–H and O–H groups in total. The number of anilines is 1. The molecule has 1 saturated carbocycles. The van der Waals surface area contributed by atoms with Crippen LogP contribution in [0.25, 0.3) is 0 Å². The van der Waals surface area contributed by atoms with Crippen molar-refractivity contribution in [2.75, 3.05) is 11.4 Å². The monoisotopic (exact) mass is 327 g/mol. The van der Waals surface area contributed by atoms with Crippen LogP contribution in [0, 0.1) is 5.92 Å². The number of para-hydroxylation sites is 1. The summed E-state index contributed by atoms with van der Waals surface area (Å²) in [4.78, 5) is 2.59. The summed E-state index contributed by atoms with van der Waals surface area (Å²) in [6.45, 7) is 1.18. The van der Waals surface area contributed by atoms with Gasteiger partial charge >= 0.3 is 0 Å². The highest BCUT2D eigenvalue weighted by Gasteiger charge is 2.37. The fourth-order valence-corrected chi connectivity index (χ4v) is 4.43. The van der Waals surface area contributed by atoms with Crippen molar-refractivity contribution in [3.63, 3.8) is 0 Å². The molecule has 2 aliphatic rings. The number of halogens is 2. The van der Waals surface area contributed by atoms with Gasteiger partial charge in [0.2, 0.25) is 0 Å². The molecule has 1 nitrogen and oxygen atoms in total. The van der Waals surface area contributed by atoms with Crippen molar-refractivity contribution in [2.45, 2.75) is 43.5 Å². The third-order valence-corrected chi connectivity index (χ3v) is 5.42.